The summed E-state index contributed by atoms with van der Waals surface area (Å²) in [6, 6.07) is 9.99. The van der Waals surface area contributed by atoms with Crippen LogP contribution in [0.25, 0.3) is 4.96 Å². The van der Waals surface area contributed by atoms with E-state index >= 15 is 0 Å². The highest BCUT2D eigenvalue weighted by Crippen LogP contribution is 2.19. The lowest BCUT2D eigenvalue weighted by molar-refractivity contribution is 0.132. The summed E-state index contributed by atoms with van der Waals surface area (Å²) in [5.74, 6) is 0. The molecular formula is C15H15N3OS. The zero-order chi connectivity index (χ0) is 13.9. The van der Waals surface area contributed by atoms with Crippen molar-refractivity contribution >= 4 is 22.5 Å². The minimum absolute atomic E-state index is 0.473. The molecule has 0 bridgehead atoms. The van der Waals surface area contributed by atoms with E-state index in [9.17, 15) is 0 Å². The van der Waals surface area contributed by atoms with Gasteiger partial charge in [0.1, 0.15) is 6.61 Å². The second-order valence-corrected chi connectivity index (χ2v) is 5.41. The summed E-state index contributed by atoms with van der Waals surface area (Å²) >= 11 is 1.63. The van der Waals surface area contributed by atoms with E-state index in [1.165, 1.54) is 0 Å². The summed E-state index contributed by atoms with van der Waals surface area (Å²) in [5, 5.41) is 6.15. The average molecular weight is 285 g/mol. The number of thiazole rings is 1. The number of hydrogen-bond donors (Lipinski definition) is 0. The SMILES string of the molecule is Cc1nc2scc(C)n2c1/C=N/OCc1ccccc1. The van der Waals surface area contributed by atoms with Gasteiger partial charge in [-0.3, -0.25) is 4.40 Å². The molecule has 0 fully saturated rings. The number of fused-ring (bicyclic) bond motifs is 1. The molecule has 0 N–H and O–H groups in total. The summed E-state index contributed by atoms with van der Waals surface area (Å²) in [4.78, 5) is 10.8. The Morgan fingerprint density at radius 2 is 2.10 bits per heavy atom. The number of aromatic nitrogens is 2. The van der Waals surface area contributed by atoms with Crippen LogP contribution in [0.1, 0.15) is 22.6 Å². The van der Waals surface area contributed by atoms with Crippen molar-refractivity contribution in [3.63, 3.8) is 0 Å². The molecule has 0 aliphatic heterocycles. The maximum Gasteiger partial charge on any atom is 0.194 e. The van der Waals surface area contributed by atoms with Crippen molar-refractivity contribution < 1.29 is 4.84 Å². The number of rotatable bonds is 4. The molecule has 5 heteroatoms. The van der Waals surface area contributed by atoms with E-state index in [1.807, 2.05) is 37.3 Å². The van der Waals surface area contributed by atoms with Crippen LogP contribution in [-0.4, -0.2) is 15.6 Å². The fraction of sp³-hybridized carbons (Fsp3) is 0.200. The van der Waals surface area contributed by atoms with E-state index in [0.29, 0.717) is 6.61 Å². The molecule has 20 heavy (non-hydrogen) atoms. The van der Waals surface area contributed by atoms with Crippen LogP contribution in [0.5, 0.6) is 0 Å². The number of benzene rings is 1. The van der Waals surface area contributed by atoms with Crippen molar-refractivity contribution in [2.24, 2.45) is 5.16 Å². The van der Waals surface area contributed by atoms with Crippen molar-refractivity contribution in [3.05, 3.63) is 58.4 Å². The van der Waals surface area contributed by atoms with Crippen molar-refractivity contribution in [2.75, 3.05) is 0 Å². The first kappa shape index (κ1) is 12.9. The smallest absolute Gasteiger partial charge is 0.194 e. The quantitative estimate of drug-likeness (QED) is 0.543. The van der Waals surface area contributed by atoms with Gasteiger partial charge in [-0.15, -0.1) is 11.3 Å². The zero-order valence-corrected chi connectivity index (χ0v) is 12.2. The van der Waals surface area contributed by atoms with Crippen LogP contribution >= 0.6 is 11.3 Å². The Hall–Kier alpha value is -2.14. The number of nitrogens with zero attached hydrogens (tertiary/aromatic N) is 3. The van der Waals surface area contributed by atoms with E-state index < -0.39 is 0 Å². The molecular weight excluding hydrogens is 270 g/mol. The number of hydrogen-bond acceptors (Lipinski definition) is 4. The van der Waals surface area contributed by atoms with Gasteiger partial charge in [0, 0.05) is 11.1 Å². The van der Waals surface area contributed by atoms with Gasteiger partial charge in [0.05, 0.1) is 17.6 Å². The second-order valence-electron chi connectivity index (χ2n) is 4.57. The van der Waals surface area contributed by atoms with Crippen LogP contribution in [-0.2, 0) is 11.4 Å². The molecule has 102 valence electrons. The first-order valence-electron chi connectivity index (χ1n) is 6.38. The second kappa shape index (κ2) is 5.46. The van der Waals surface area contributed by atoms with E-state index in [4.69, 9.17) is 4.84 Å². The van der Waals surface area contributed by atoms with E-state index in [-0.39, 0.29) is 0 Å². The molecule has 0 unspecified atom stereocenters. The third kappa shape index (κ3) is 2.44. The van der Waals surface area contributed by atoms with Gasteiger partial charge < -0.3 is 4.84 Å². The van der Waals surface area contributed by atoms with Gasteiger partial charge in [-0.2, -0.15) is 0 Å². The predicted molar refractivity (Wildman–Crippen MR) is 81.4 cm³/mol. The first-order valence-corrected chi connectivity index (χ1v) is 7.26. The fourth-order valence-electron chi connectivity index (χ4n) is 2.05. The summed E-state index contributed by atoms with van der Waals surface area (Å²) < 4.78 is 2.09. The van der Waals surface area contributed by atoms with Crippen LogP contribution in [0.4, 0.5) is 0 Å². The van der Waals surface area contributed by atoms with Crippen LogP contribution in [0.3, 0.4) is 0 Å². The Balaban J connectivity index is 1.74. The van der Waals surface area contributed by atoms with Crippen LogP contribution < -0.4 is 0 Å². The Kier molecular flexibility index (Phi) is 3.52. The van der Waals surface area contributed by atoms with Gasteiger partial charge in [0.15, 0.2) is 4.96 Å². The largest absolute Gasteiger partial charge is 0.391 e. The molecule has 2 heterocycles. The Labute approximate surface area is 121 Å². The van der Waals surface area contributed by atoms with Gasteiger partial charge >= 0.3 is 0 Å². The molecule has 0 saturated heterocycles. The molecule has 0 aliphatic carbocycles. The third-order valence-electron chi connectivity index (χ3n) is 3.08. The molecule has 0 radical (unpaired) electrons. The highest BCUT2D eigenvalue weighted by molar-refractivity contribution is 7.15. The maximum absolute atomic E-state index is 5.35. The molecule has 4 nitrogen and oxygen atoms in total. The summed E-state index contributed by atoms with van der Waals surface area (Å²) in [5.41, 5.74) is 4.21. The summed E-state index contributed by atoms with van der Waals surface area (Å²) in [7, 11) is 0. The lowest BCUT2D eigenvalue weighted by Crippen LogP contribution is -1.95. The van der Waals surface area contributed by atoms with Crippen molar-refractivity contribution in [1.29, 1.82) is 0 Å². The first-order chi connectivity index (χ1) is 9.75. The summed E-state index contributed by atoms with van der Waals surface area (Å²) in [6.45, 7) is 4.52. The highest BCUT2D eigenvalue weighted by Gasteiger charge is 2.10. The molecule has 0 saturated carbocycles. The van der Waals surface area contributed by atoms with Gasteiger partial charge in [-0.05, 0) is 19.4 Å². The average Bonchev–Trinajstić information content (AvgIpc) is 2.96. The molecule has 0 amide bonds. The van der Waals surface area contributed by atoms with Crippen LogP contribution in [0.2, 0.25) is 0 Å². The maximum atomic E-state index is 5.35. The third-order valence-corrected chi connectivity index (χ3v) is 4.02. The standard InChI is InChI=1S/C15H15N3OS/c1-11-10-20-15-17-12(2)14(18(11)15)8-16-19-9-13-6-4-3-5-7-13/h3-8,10H,9H2,1-2H3/b16-8+. The zero-order valence-electron chi connectivity index (χ0n) is 11.4. The molecule has 3 rings (SSSR count). The molecule has 1 aromatic carbocycles. The molecule has 0 atom stereocenters. The predicted octanol–water partition coefficient (Wildman–Crippen LogP) is 3.56. The fourth-order valence-corrected chi connectivity index (χ4v) is 2.97. The van der Waals surface area contributed by atoms with Crippen LogP contribution in [0, 0.1) is 13.8 Å². The Morgan fingerprint density at radius 1 is 1.30 bits per heavy atom. The van der Waals surface area contributed by atoms with Gasteiger partial charge in [-0.25, -0.2) is 4.98 Å². The minimum atomic E-state index is 0.473. The lowest BCUT2D eigenvalue weighted by atomic mass is 10.2. The van der Waals surface area contributed by atoms with Gasteiger partial charge in [0.2, 0.25) is 0 Å². The van der Waals surface area contributed by atoms with Crippen LogP contribution in [0.15, 0.2) is 40.9 Å². The van der Waals surface area contributed by atoms with E-state index in [1.54, 1.807) is 17.6 Å². The van der Waals surface area contributed by atoms with Crippen molar-refractivity contribution in [2.45, 2.75) is 20.5 Å². The van der Waals surface area contributed by atoms with Gasteiger partial charge in [-0.1, -0.05) is 35.5 Å². The van der Waals surface area contributed by atoms with Crippen molar-refractivity contribution in [3.8, 4) is 0 Å². The van der Waals surface area contributed by atoms with Crippen molar-refractivity contribution in [1.82, 2.24) is 9.38 Å². The Bertz CT molecular complexity index is 743. The molecule has 3 aromatic rings. The number of imidazole rings is 1. The molecule has 0 aliphatic rings. The monoisotopic (exact) mass is 285 g/mol. The summed E-state index contributed by atoms with van der Waals surface area (Å²) in [6.07, 6.45) is 1.73. The van der Waals surface area contributed by atoms with E-state index in [0.717, 1.165) is 27.6 Å². The minimum Gasteiger partial charge on any atom is -0.391 e. The molecule has 2 aromatic heterocycles. The molecule has 0 spiro atoms. The van der Waals surface area contributed by atoms with Gasteiger partial charge in [0.25, 0.3) is 0 Å². The van der Waals surface area contributed by atoms with E-state index in [2.05, 4.69) is 26.8 Å². The number of aryl methyl sites for hydroxylation is 2. The highest BCUT2D eigenvalue weighted by atomic mass is 32.1. The lowest BCUT2D eigenvalue weighted by Gasteiger charge is -1.99. The number of oxime groups is 1. The topological polar surface area (TPSA) is 38.9 Å². The Morgan fingerprint density at radius 3 is 2.90 bits per heavy atom. The normalized spacial score (nSPS) is 11.5.